The van der Waals surface area contributed by atoms with E-state index in [2.05, 4.69) is 5.10 Å². The monoisotopic (exact) mass is 324 g/mol. The number of hydrogen-bond donors (Lipinski definition) is 1. The third kappa shape index (κ3) is 4.62. The van der Waals surface area contributed by atoms with Crippen LogP contribution in [0.4, 0.5) is 18.0 Å². The molecule has 1 heterocycles. The van der Waals surface area contributed by atoms with Crippen molar-refractivity contribution < 1.29 is 32.5 Å². The molecule has 0 aromatic carbocycles. The molecule has 0 saturated heterocycles. The molecule has 0 aliphatic carbocycles. The van der Waals surface area contributed by atoms with Gasteiger partial charge in [0.1, 0.15) is 17.6 Å². The lowest BCUT2D eigenvalue weighted by atomic mass is 9.92. The van der Waals surface area contributed by atoms with E-state index in [1.54, 1.807) is 20.8 Å². The highest BCUT2D eigenvalue weighted by Crippen LogP contribution is 2.37. The molecular weight excluding hydrogens is 305 g/mol. The number of carbonyl (C=O) groups is 1. The highest BCUT2D eigenvalue weighted by atomic mass is 19.4. The van der Waals surface area contributed by atoms with E-state index in [9.17, 15) is 18.0 Å². The van der Waals surface area contributed by atoms with Crippen LogP contribution in [0.25, 0.3) is 0 Å². The molecule has 0 bridgehead atoms. The summed E-state index contributed by atoms with van der Waals surface area (Å²) < 4.78 is 49.2. The van der Waals surface area contributed by atoms with Gasteiger partial charge in [0, 0.05) is 12.3 Å². The first kappa shape index (κ1) is 18.3. The minimum absolute atomic E-state index is 0.171. The van der Waals surface area contributed by atoms with E-state index < -0.39 is 36.5 Å². The topological polar surface area (TPSA) is 73.6 Å². The van der Waals surface area contributed by atoms with Crippen LogP contribution in [-0.2, 0) is 4.74 Å². The van der Waals surface area contributed by atoms with E-state index in [1.807, 2.05) is 0 Å². The molecule has 1 atom stereocenters. The highest BCUT2D eigenvalue weighted by Gasteiger charge is 2.51. The van der Waals surface area contributed by atoms with Crippen LogP contribution >= 0.6 is 0 Å². The number of nitrogens with zero attached hydrogens (tertiary/aromatic N) is 2. The smallest absolute Gasteiger partial charge is 0.435 e. The maximum absolute atomic E-state index is 12.8. The van der Waals surface area contributed by atoms with Crippen molar-refractivity contribution in [2.45, 2.75) is 39.5 Å². The molecule has 1 aromatic rings. The van der Waals surface area contributed by atoms with Crippen LogP contribution in [-0.4, -0.2) is 46.0 Å². The van der Waals surface area contributed by atoms with Gasteiger partial charge in [-0.1, -0.05) is 0 Å². The Morgan fingerprint density at radius 1 is 1.32 bits per heavy atom. The Balaban J connectivity index is 2.72. The molecule has 22 heavy (non-hydrogen) atoms. The molecule has 1 N–H and O–H groups in total. The number of hydrogen-bond acceptors (Lipinski definition) is 5. The van der Waals surface area contributed by atoms with Crippen molar-refractivity contribution in [2.24, 2.45) is 5.41 Å². The summed E-state index contributed by atoms with van der Waals surface area (Å²) in [5.41, 5.74) is -3.14. The van der Waals surface area contributed by atoms with Crippen molar-refractivity contribution in [3.8, 4) is 5.88 Å². The zero-order valence-electron chi connectivity index (χ0n) is 12.8. The second-order valence-corrected chi connectivity index (χ2v) is 6.08. The Labute approximate surface area is 125 Å². The summed E-state index contributed by atoms with van der Waals surface area (Å²) in [6.45, 7) is 3.89. The largest absolute Gasteiger partial charge is 0.476 e. The minimum atomic E-state index is -4.63. The first-order valence-electron chi connectivity index (χ1n) is 6.47. The Bertz CT molecular complexity index is 522. The molecule has 6 nitrogen and oxygen atoms in total. The Hall–Kier alpha value is -1.77. The van der Waals surface area contributed by atoms with Crippen molar-refractivity contribution >= 4 is 6.09 Å². The van der Waals surface area contributed by atoms with Gasteiger partial charge in [-0.3, -0.25) is 0 Å². The third-order valence-corrected chi connectivity index (χ3v) is 2.72. The van der Waals surface area contributed by atoms with Gasteiger partial charge in [-0.25, -0.2) is 4.79 Å². The van der Waals surface area contributed by atoms with Crippen LogP contribution in [0.15, 0.2) is 12.3 Å². The van der Waals surface area contributed by atoms with Crippen LogP contribution in [0.3, 0.4) is 0 Å². The van der Waals surface area contributed by atoms with Gasteiger partial charge in [-0.05, 0) is 27.7 Å². The van der Waals surface area contributed by atoms with Gasteiger partial charge >= 0.3 is 12.3 Å². The Morgan fingerprint density at radius 2 is 1.91 bits per heavy atom. The average Bonchev–Trinajstić information content (AvgIpc) is 2.81. The van der Waals surface area contributed by atoms with Crippen molar-refractivity contribution in [3.63, 3.8) is 0 Å². The van der Waals surface area contributed by atoms with Crippen LogP contribution in [0.5, 0.6) is 5.88 Å². The van der Waals surface area contributed by atoms with Gasteiger partial charge in [0.15, 0.2) is 0 Å². The summed E-state index contributed by atoms with van der Waals surface area (Å²) in [6, 6.07) is 1.23. The summed E-state index contributed by atoms with van der Waals surface area (Å²) in [4.78, 5) is 11.7. The van der Waals surface area contributed by atoms with Gasteiger partial charge in [0.2, 0.25) is 5.88 Å². The predicted octanol–water partition coefficient (Wildman–Crippen LogP) is 2.61. The zero-order chi connectivity index (χ0) is 17.2. The summed E-state index contributed by atoms with van der Waals surface area (Å²) in [5.74, 6) is -0.171. The van der Waals surface area contributed by atoms with Gasteiger partial charge in [0.05, 0.1) is 6.61 Å². The van der Waals surface area contributed by atoms with Crippen molar-refractivity contribution in [3.05, 3.63) is 12.3 Å². The molecule has 0 fully saturated rings. The fraction of sp³-hybridized carbons (Fsp3) is 0.692. The fourth-order valence-electron chi connectivity index (χ4n) is 1.24. The van der Waals surface area contributed by atoms with Crippen LogP contribution in [0.1, 0.15) is 27.7 Å². The second kappa shape index (κ2) is 6.15. The summed E-state index contributed by atoms with van der Waals surface area (Å²) >= 11 is 0. The average molecular weight is 324 g/mol. The first-order chi connectivity index (χ1) is 9.88. The SMILES string of the molecule is CC(C)(C)OC(=O)n1ccc(OCC(C)(CO)C(F)(F)F)n1. The molecule has 0 aliphatic rings. The number of rotatable bonds is 4. The van der Waals surface area contributed by atoms with Gasteiger partial charge < -0.3 is 14.6 Å². The van der Waals surface area contributed by atoms with Gasteiger partial charge in [-0.2, -0.15) is 17.9 Å². The molecule has 1 unspecified atom stereocenters. The summed E-state index contributed by atoms with van der Waals surface area (Å²) in [7, 11) is 0. The lowest BCUT2D eigenvalue weighted by Gasteiger charge is -2.29. The lowest BCUT2D eigenvalue weighted by Crippen LogP contribution is -2.43. The standard InChI is InChI=1S/C13H19F3N2O4/c1-11(2,3)22-10(20)18-6-5-9(17-18)21-8-12(4,7-19)13(14,15)16/h5-6,19H,7-8H2,1-4H3. The maximum Gasteiger partial charge on any atom is 0.435 e. The van der Waals surface area contributed by atoms with Crippen molar-refractivity contribution in [1.82, 2.24) is 9.78 Å². The number of alkyl halides is 3. The predicted molar refractivity (Wildman–Crippen MR) is 70.6 cm³/mol. The van der Waals surface area contributed by atoms with Crippen LogP contribution in [0, 0.1) is 5.41 Å². The number of aromatic nitrogens is 2. The molecule has 0 spiro atoms. The van der Waals surface area contributed by atoms with Crippen molar-refractivity contribution in [1.29, 1.82) is 0 Å². The van der Waals surface area contributed by atoms with E-state index >= 15 is 0 Å². The van der Waals surface area contributed by atoms with Crippen molar-refractivity contribution in [2.75, 3.05) is 13.2 Å². The van der Waals surface area contributed by atoms with E-state index in [0.717, 1.165) is 11.6 Å². The number of halogens is 3. The molecule has 0 amide bonds. The highest BCUT2D eigenvalue weighted by molar-refractivity contribution is 5.69. The minimum Gasteiger partial charge on any atom is -0.476 e. The first-order valence-corrected chi connectivity index (χ1v) is 6.47. The normalized spacial score (nSPS) is 15.3. The quantitative estimate of drug-likeness (QED) is 0.921. The molecule has 0 radical (unpaired) electrons. The fourth-order valence-corrected chi connectivity index (χ4v) is 1.24. The lowest BCUT2D eigenvalue weighted by molar-refractivity contribution is -0.237. The number of carbonyl (C=O) groups excluding carboxylic acids is 1. The van der Waals surface area contributed by atoms with E-state index in [0.29, 0.717) is 0 Å². The Kier molecular flexibility index (Phi) is 5.11. The molecule has 9 heteroatoms. The summed E-state index contributed by atoms with van der Waals surface area (Å²) in [5, 5.41) is 12.6. The van der Waals surface area contributed by atoms with E-state index in [1.165, 1.54) is 12.3 Å². The second-order valence-electron chi connectivity index (χ2n) is 6.08. The molecule has 1 rings (SSSR count). The van der Waals surface area contributed by atoms with Crippen LogP contribution in [0.2, 0.25) is 0 Å². The van der Waals surface area contributed by atoms with E-state index in [4.69, 9.17) is 14.6 Å². The molecular formula is C13H19F3N2O4. The molecule has 126 valence electrons. The molecule has 0 saturated carbocycles. The number of aliphatic hydroxyl groups is 1. The summed E-state index contributed by atoms with van der Waals surface area (Å²) in [6.07, 6.45) is -4.19. The zero-order valence-corrected chi connectivity index (χ0v) is 12.8. The maximum atomic E-state index is 12.8. The third-order valence-electron chi connectivity index (χ3n) is 2.72. The Morgan fingerprint density at radius 3 is 2.36 bits per heavy atom. The van der Waals surface area contributed by atoms with Crippen LogP contribution < -0.4 is 4.74 Å². The molecule has 0 aliphatic heterocycles. The number of aliphatic hydroxyl groups excluding tert-OH is 1. The van der Waals surface area contributed by atoms with Gasteiger partial charge in [-0.15, -0.1) is 5.10 Å². The number of ether oxygens (including phenoxy) is 2. The molecule has 1 aromatic heterocycles. The van der Waals surface area contributed by atoms with E-state index in [-0.39, 0.29) is 5.88 Å². The van der Waals surface area contributed by atoms with Gasteiger partial charge in [0.25, 0.3) is 0 Å².